The van der Waals surface area contributed by atoms with E-state index in [4.69, 9.17) is 0 Å². The van der Waals surface area contributed by atoms with Crippen molar-refractivity contribution >= 4 is 17.2 Å². The van der Waals surface area contributed by atoms with E-state index in [0.717, 1.165) is 12.8 Å². The van der Waals surface area contributed by atoms with Crippen LogP contribution in [0.25, 0.3) is 0 Å². The van der Waals surface area contributed by atoms with Crippen LogP contribution in [0.3, 0.4) is 0 Å². The van der Waals surface area contributed by atoms with Gasteiger partial charge >= 0.3 is 0 Å². The molecule has 2 nitrogen and oxygen atoms in total. The van der Waals surface area contributed by atoms with Crippen molar-refractivity contribution in [2.75, 3.05) is 6.54 Å². The van der Waals surface area contributed by atoms with E-state index in [1.165, 1.54) is 42.7 Å². The summed E-state index contributed by atoms with van der Waals surface area (Å²) in [5, 5.41) is 7.32. The van der Waals surface area contributed by atoms with E-state index in [1.54, 1.807) is 11.3 Å². The molecule has 0 bridgehead atoms. The van der Waals surface area contributed by atoms with Crippen LogP contribution in [0.4, 0.5) is 4.39 Å². The van der Waals surface area contributed by atoms with Crippen molar-refractivity contribution in [2.24, 2.45) is 0 Å². The first-order valence-electron chi connectivity index (χ1n) is 7.26. The van der Waals surface area contributed by atoms with Gasteiger partial charge in [0.05, 0.1) is 0 Å². The topological polar surface area (TPSA) is 29.1 Å². The first-order chi connectivity index (χ1) is 10.2. The highest BCUT2D eigenvalue weighted by molar-refractivity contribution is 7.08. The Hall–Kier alpha value is -1.68. The number of hydrogen-bond acceptors (Lipinski definition) is 2. The molecule has 1 saturated carbocycles. The maximum atomic E-state index is 12.9. The average molecular weight is 303 g/mol. The number of halogens is 1. The van der Waals surface area contributed by atoms with Crippen LogP contribution in [-0.4, -0.2) is 12.5 Å². The summed E-state index contributed by atoms with van der Waals surface area (Å²) >= 11 is 1.70. The van der Waals surface area contributed by atoms with Gasteiger partial charge in [0.25, 0.3) is 5.91 Å². The van der Waals surface area contributed by atoms with E-state index in [1.807, 2.05) is 0 Å². The minimum absolute atomic E-state index is 0.0791. The summed E-state index contributed by atoms with van der Waals surface area (Å²) in [6, 6.07) is 7.85. The highest BCUT2D eigenvalue weighted by Gasteiger charge is 2.36. The van der Waals surface area contributed by atoms with E-state index in [2.05, 4.69) is 22.1 Å². The molecule has 0 saturated heterocycles. The molecule has 21 heavy (non-hydrogen) atoms. The molecule has 2 aromatic rings. The van der Waals surface area contributed by atoms with Crippen LogP contribution in [0.15, 0.2) is 41.1 Å². The van der Waals surface area contributed by atoms with Gasteiger partial charge in [-0.25, -0.2) is 4.39 Å². The van der Waals surface area contributed by atoms with Gasteiger partial charge < -0.3 is 5.32 Å². The molecule has 1 heterocycles. The predicted octanol–water partition coefficient (Wildman–Crippen LogP) is 4.13. The Kier molecular flexibility index (Phi) is 4.06. The zero-order chi connectivity index (χ0) is 14.7. The van der Waals surface area contributed by atoms with Gasteiger partial charge in [-0.1, -0.05) is 12.8 Å². The van der Waals surface area contributed by atoms with Gasteiger partial charge in [-0.05, 0) is 59.5 Å². The third-order valence-electron chi connectivity index (χ3n) is 4.39. The quantitative estimate of drug-likeness (QED) is 0.904. The normalized spacial score (nSPS) is 16.8. The summed E-state index contributed by atoms with van der Waals surface area (Å²) in [6.45, 7) is 0.653. The second kappa shape index (κ2) is 5.98. The molecule has 0 aliphatic heterocycles. The minimum atomic E-state index is -0.322. The maximum absolute atomic E-state index is 12.9. The first kappa shape index (κ1) is 14.3. The van der Waals surface area contributed by atoms with Gasteiger partial charge in [0, 0.05) is 17.5 Å². The number of hydrogen-bond donors (Lipinski definition) is 1. The van der Waals surface area contributed by atoms with Gasteiger partial charge in [0.15, 0.2) is 0 Å². The Bertz CT molecular complexity index is 600. The van der Waals surface area contributed by atoms with Gasteiger partial charge in [-0.3, -0.25) is 4.79 Å². The second-order valence-electron chi connectivity index (χ2n) is 5.69. The highest BCUT2D eigenvalue weighted by atomic mass is 32.1. The van der Waals surface area contributed by atoms with E-state index in [0.29, 0.717) is 12.1 Å². The lowest BCUT2D eigenvalue weighted by molar-refractivity contribution is 0.0943. The molecular formula is C17H18FNOS. The van der Waals surface area contributed by atoms with E-state index < -0.39 is 0 Å². The predicted molar refractivity (Wildman–Crippen MR) is 83.2 cm³/mol. The highest BCUT2D eigenvalue weighted by Crippen LogP contribution is 2.41. The van der Waals surface area contributed by atoms with E-state index in [9.17, 15) is 9.18 Å². The zero-order valence-electron chi connectivity index (χ0n) is 11.8. The van der Waals surface area contributed by atoms with Crippen LogP contribution in [0.1, 0.15) is 41.6 Å². The summed E-state index contributed by atoms with van der Waals surface area (Å²) in [7, 11) is 0. The van der Waals surface area contributed by atoms with Crippen LogP contribution >= 0.6 is 11.3 Å². The van der Waals surface area contributed by atoms with Gasteiger partial charge in [-0.2, -0.15) is 11.3 Å². The van der Waals surface area contributed by atoms with Crippen molar-refractivity contribution in [2.45, 2.75) is 31.1 Å². The monoisotopic (exact) mass is 303 g/mol. The third kappa shape index (κ3) is 3.00. The van der Waals surface area contributed by atoms with Gasteiger partial charge in [0.1, 0.15) is 5.82 Å². The van der Waals surface area contributed by atoms with Crippen molar-refractivity contribution in [3.63, 3.8) is 0 Å². The van der Waals surface area contributed by atoms with Crippen LogP contribution in [0, 0.1) is 5.82 Å². The molecular weight excluding hydrogens is 285 g/mol. The van der Waals surface area contributed by atoms with Gasteiger partial charge in [0.2, 0.25) is 0 Å². The van der Waals surface area contributed by atoms with E-state index in [-0.39, 0.29) is 17.1 Å². The summed E-state index contributed by atoms with van der Waals surface area (Å²) in [5.74, 6) is -0.450. The van der Waals surface area contributed by atoms with Crippen LogP contribution in [-0.2, 0) is 5.41 Å². The Morgan fingerprint density at radius 1 is 1.19 bits per heavy atom. The molecule has 0 radical (unpaired) electrons. The Morgan fingerprint density at radius 2 is 1.90 bits per heavy atom. The Balaban J connectivity index is 1.70. The fourth-order valence-electron chi connectivity index (χ4n) is 3.14. The van der Waals surface area contributed by atoms with Crippen LogP contribution in [0.5, 0.6) is 0 Å². The number of carbonyl (C=O) groups is 1. The summed E-state index contributed by atoms with van der Waals surface area (Å²) < 4.78 is 12.9. The molecule has 1 N–H and O–H groups in total. The number of rotatable bonds is 4. The lowest BCUT2D eigenvalue weighted by Gasteiger charge is -2.28. The standard InChI is InChI=1S/C17H18FNOS/c18-15-5-3-13(4-6-15)16(20)19-12-17(8-1-2-9-17)14-7-10-21-11-14/h3-7,10-11H,1-2,8-9,12H2,(H,19,20). The zero-order valence-corrected chi connectivity index (χ0v) is 12.6. The van der Waals surface area contributed by atoms with Crippen molar-refractivity contribution in [3.8, 4) is 0 Å². The molecule has 110 valence electrons. The molecule has 1 aliphatic carbocycles. The minimum Gasteiger partial charge on any atom is -0.351 e. The second-order valence-corrected chi connectivity index (χ2v) is 6.47. The fourth-order valence-corrected chi connectivity index (χ4v) is 3.92. The van der Waals surface area contributed by atoms with Crippen molar-refractivity contribution in [1.29, 1.82) is 0 Å². The Labute approximate surface area is 128 Å². The lowest BCUT2D eigenvalue weighted by Crippen LogP contribution is -2.38. The molecule has 1 aromatic heterocycles. The maximum Gasteiger partial charge on any atom is 0.251 e. The molecule has 1 aromatic carbocycles. The summed E-state index contributed by atoms with van der Waals surface area (Å²) in [4.78, 5) is 12.2. The number of carbonyl (C=O) groups excluding carboxylic acids is 1. The van der Waals surface area contributed by atoms with Crippen molar-refractivity contribution in [1.82, 2.24) is 5.32 Å². The molecule has 0 unspecified atom stereocenters. The fraction of sp³-hybridized carbons (Fsp3) is 0.353. The molecule has 1 aliphatic rings. The number of benzene rings is 1. The molecule has 1 fully saturated rings. The van der Waals surface area contributed by atoms with Crippen LogP contribution < -0.4 is 5.32 Å². The van der Waals surface area contributed by atoms with Crippen LogP contribution in [0.2, 0.25) is 0 Å². The lowest BCUT2D eigenvalue weighted by atomic mass is 9.80. The van der Waals surface area contributed by atoms with Crippen molar-refractivity contribution in [3.05, 3.63) is 58.0 Å². The van der Waals surface area contributed by atoms with E-state index >= 15 is 0 Å². The first-order valence-corrected chi connectivity index (χ1v) is 8.20. The average Bonchev–Trinajstić information content (AvgIpc) is 3.17. The molecule has 0 atom stereocenters. The molecule has 0 spiro atoms. The summed E-state index contributed by atoms with van der Waals surface area (Å²) in [5.41, 5.74) is 1.93. The third-order valence-corrected chi connectivity index (χ3v) is 5.07. The molecule has 4 heteroatoms. The van der Waals surface area contributed by atoms with Crippen molar-refractivity contribution < 1.29 is 9.18 Å². The summed E-state index contributed by atoms with van der Waals surface area (Å²) in [6.07, 6.45) is 4.66. The number of nitrogens with one attached hydrogen (secondary N) is 1. The molecule has 3 rings (SSSR count). The number of thiophene rings is 1. The number of amides is 1. The largest absolute Gasteiger partial charge is 0.351 e. The van der Waals surface area contributed by atoms with Gasteiger partial charge in [-0.15, -0.1) is 0 Å². The SMILES string of the molecule is O=C(NCC1(c2ccsc2)CCCC1)c1ccc(F)cc1. The molecule has 1 amide bonds. The smallest absolute Gasteiger partial charge is 0.251 e. The Morgan fingerprint density at radius 3 is 2.52 bits per heavy atom.